The molecule has 0 bridgehead atoms. The van der Waals surface area contributed by atoms with E-state index in [9.17, 15) is 20.1 Å². The SMILES string of the molecule is O=C(O)/C=C/c1ccc(O[C@H]2O[C@H](CO)[C@@H](O)[C@H](O)[C@H]2O)cc1. The molecule has 8 heteroatoms. The molecule has 0 spiro atoms. The molecule has 1 heterocycles. The highest BCUT2D eigenvalue weighted by molar-refractivity contribution is 5.85. The molecule has 2 rings (SSSR count). The molecule has 1 aromatic carbocycles. The van der Waals surface area contributed by atoms with Crippen LogP contribution in [0.3, 0.4) is 0 Å². The molecule has 0 amide bonds. The average Bonchev–Trinajstić information content (AvgIpc) is 2.54. The van der Waals surface area contributed by atoms with Crippen molar-refractivity contribution in [2.75, 3.05) is 6.61 Å². The maximum absolute atomic E-state index is 10.4. The summed E-state index contributed by atoms with van der Waals surface area (Å²) < 4.78 is 10.6. The molecular formula is C15H18O8. The van der Waals surface area contributed by atoms with Gasteiger partial charge in [0.1, 0.15) is 30.2 Å². The molecule has 0 aliphatic carbocycles. The molecule has 8 nitrogen and oxygen atoms in total. The fraction of sp³-hybridized carbons (Fsp3) is 0.400. The van der Waals surface area contributed by atoms with E-state index < -0.39 is 43.3 Å². The van der Waals surface area contributed by atoms with Gasteiger partial charge in [-0.3, -0.25) is 0 Å². The zero-order valence-corrected chi connectivity index (χ0v) is 12.0. The molecule has 1 aliphatic rings. The maximum Gasteiger partial charge on any atom is 0.328 e. The van der Waals surface area contributed by atoms with E-state index in [-0.39, 0.29) is 0 Å². The van der Waals surface area contributed by atoms with E-state index in [2.05, 4.69) is 0 Å². The minimum Gasteiger partial charge on any atom is -0.478 e. The molecule has 0 radical (unpaired) electrons. The molecule has 23 heavy (non-hydrogen) atoms. The van der Waals surface area contributed by atoms with Crippen LogP contribution in [0.2, 0.25) is 0 Å². The zero-order chi connectivity index (χ0) is 17.0. The molecule has 126 valence electrons. The second kappa shape index (κ2) is 7.53. The van der Waals surface area contributed by atoms with E-state index in [1.807, 2.05) is 0 Å². The summed E-state index contributed by atoms with van der Waals surface area (Å²) in [5.41, 5.74) is 0.633. The predicted octanol–water partition coefficient (Wildman–Crippen LogP) is -1.04. The van der Waals surface area contributed by atoms with Gasteiger partial charge in [-0.1, -0.05) is 12.1 Å². The van der Waals surface area contributed by atoms with E-state index in [1.165, 1.54) is 18.2 Å². The molecule has 0 unspecified atom stereocenters. The van der Waals surface area contributed by atoms with Gasteiger partial charge in [0.05, 0.1) is 6.61 Å². The summed E-state index contributed by atoms with van der Waals surface area (Å²) in [6.07, 6.45) is -4.35. The third-order valence-electron chi connectivity index (χ3n) is 3.40. The third kappa shape index (κ3) is 4.27. The Bertz CT molecular complexity index is 553. The molecule has 1 aliphatic heterocycles. The van der Waals surface area contributed by atoms with E-state index >= 15 is 0 Å². The Balaban J connectivity index is 2.04. The fourth-order valence-corrected chi connectivity index (χ4v) is 2.12. The number of aliphatic hydroxyl groups is 4. The van der Waals surface area contributed by atoms with Gasteiger partial charge in [0, 0.05) is 6.08 Å². The Morgan fingerprint density at radius 2 is 1.78 bits per heavy atom. The van der Waals surface area contributed by atoms with Gasteiger partial charge in [-0.05, 0) is 23.8 Å². The van der Waals surface area contributed by atoms with Crippen molar-refractivity contribution in [3.05, 3.63) is 35.9 Å². The molecule has 5 atom stereocenters. The molecule has 1 fully saturated rings. The van der Waals surface area contributed by atoms with Crippen LogP contribution in [-0.4, -0.2) is 68.8 Å². The Morgan fingerprint density at radius 1 is 1.13 bits per heavy atom. The van der Waals surface area contributed by atoms with Crippen molar-refractivity contribution in [3.63, 3.8) is 0 Å². The van der Waals surface area contributed by atoms with Crippen LogP contribution in [0.5, 0.6) is 5.75 Å². The minimum atomic E-state index is -1.51. The maximum atomic E-state index is 10.4. The average molecular weight is 326 g/mol. The Morgan fingerprint density at radius 3 is 2.35 bits per heavy atom. The first-order chi connectivity index (χ1) is 10.9. The standard InChI is InChI=1S/C15H18O8/c16-7-10-12(19)13(20)14(21)15(23-10)22-9-4-1-8(2-5-9)3-6-11(17)18/h1-6,10,12-16,19-21H,7H2,(H,17,18)/b6-3+/t10-,12-,13+,14-,15+/m1/s1. The van der Waals surface area contributed by atoms with E-state index in [0.717, 1.165) is 6.08 Å². The van der Waals surface area contributed by atoms with Gasteiger partial charge < -0.3 is 35.0 Å². The number of carboxylic acid groups (broad SMARTS) is 1. The monoisotopic (exact) mass is 326 g/mol. The van der Waals surface area contributed by atoms with Gasteiger partial charge in [0.25, 0.3) is 0 Å². The van der Waals surface area contributed by atoms with Crippen LogP contribution in [0.1, 0.15) is 5.56 Å². The summed E-state index contributed by atoms with van der Waals surface area (Å²) in [7, 11) is 0. The van der Waals surface area contributed by atoms with Gasteiger partial charge in [0.2, 0.25) is 6.29 Å². The zero-order valence-electron chi connectivity index (χ0n) is 12.0. The van der Waals surface area contributed by atoms with Crippen LogP contribution in [0.25, 0.3) is 6.08 Å². The van der Waals surface area contributed by atoms with Crippen molar-refractivity contribution < 1.29 is 39.8 Å². The molecule has 1 saturated heterocycles. The van der Waals surface area contributed by atoms with Gasteiger partial charge in [-0.25, -0.2) is 4.79 Å². The van der Waals surface area contributed by atoms with Crippen LogP contribution < -0.4 is 4.74 Å². The number of aliphatic hydroxyl groups excluding tert-OH is 4. The number of ether oxygens (including phenoxy) is 2. The Hall–Kier alpha value is -1.97. The van der Waals surface area contributed by atoms with Gasteiger partial charge >= 0.3 is 5.97 Å². The van der Waals surface area contributed by atoms with Crippen molar-refractivity contribution >= 4 is 12.0 Å². The first-order valence-electron chi connectivity index (χ1n) is 6.90. The first kappa shape index (κ1) is 17.4. The number of carbonyl (C=O) groups is 1. The summed E-state index contributed by atoms with van der Waals surface area (Å²) >= 11 is 0. The summed E-state index contributed by atoms with van der Waals surface area (Å²) in [4.78, 5) is 10.4. The Labute approximate surface area is 131 Å². The van der Waals surface area contributed by atoms with Crippen LogP contribution in [0, 0.1) is 0 Å². The second-order valence-electron chi connectivity index (χ2n) is 5.06. The summed E-state index contributed by atoms with van der Waals surface area (Å²) in [6, 6.07) is 6.25. The van der Waals surface area contributed by atoms with E-state index in [4.69, 9.17) is 19.7 Å². The first-order valence-corrected chi connectivity index (χ1v) is 6.90. The van der Waals surface area contributed by atoms with Crippen molar-refractivity contribution in [2.45, 2.75) is 30.7 Å². The van der Waals surface area contributed by atoms with Gasteiger partial charge in [-0.2, -0.15) is 0 Å². The summed E-state index contributed by atoms with van der Waals surface area (Å²) in [6.45, 7) is -0.538. The summed E-state index contributed by atoms with van der Waals surface area (Å²) in [5, 5.41) is 46.9. The molecule has 5 N–H and O–H groups in total. The topological polar surface area (TPSA) is 137 Å². The number of hydrogen-bond acceptors (Lipinski definition) is 7. The third-order valence-corrected chi connectivity index (χ3v) is 3.40. The normalized spacial score (nSPS) is 31.2. The minimum absolute atomic E-state index is 0.307. The molecule has 0 aromatic heterocycles. The quantitative estimate of drug-likeness (QED) is 0.433. The highest BCUT2D eigenvalue weighted by Gasteiger charge is 2.44. The van der Waals surface area contributed by atoms with Crippen LogP contribution in [0.15, 0.2) is 30.3 Å². The lowest BCUT2D eigenvalue weighted by molar-refractivity contribution is -0.277. The van der Waals surface area contributed by atoms with Crippen molar-refractivity contribution in [1.29, 1.82) is 0 Å². The lowest BCUT2D eigenvalue weighted by atomic mass is 9.99. The number of benzene rings is 1. The van der Waals surface area contributed by atoms with E-state index in [0.29, 0.717) is 11.3 Å². The second-order valence-corrected chi connectivity index (χ2v) is 5.06. The van der Waals surface area contributed by atoms with Crippen LogP contribution >= 0.6 is 0 Å². The number of aliphatic carboxylic acids is 1. The van der Waals surface area contributed by atoms with Crippen molar-refractivity contribution in [1.82, 2.24) is 0 Å². The largest absolute Gasteiger partial charge is 0.478 e. The predicted molar refractivity (Wildman–Crippen MR) is 77.5 cm³/mol. The highest BCUT2D eigenvalue weighted by atomic mass is 16.7. The highest BCUT2D eigenvalue weighted by Crippen LogP contribution is 2.24. The van der Waals surface area contributed by atoms with Crippen LogP contribution in [-0.2, 0) is 9.53 Å². The molecule has 1 aromatic rings. The lowest BCUT2D eigenvalue weighted by Gasteiger charge is -2.39. The molecular weight excluding hydrogens is 308 g/mol. The lowest BCUT2D eigenvalue weighted by Crippen LogP contribution is -2.60. The smallest absolute Gasteiger partial charge is 0.328 e. The number of carboxylic acids is 1. The van der Waals surface area contributed by atoms with Gasteiger partial charge in [-0.15, -0.1) is 0 Å². The van der Waals surface area contributed by atoms with Crippen molar-refractivity contribution in [2.24, 2.45) is 0 Å². The molecule has 0 saturated carbocycles. The van der Waals surface area contributed by atoms with Crippen molar-refractivity contribution in [3.8, 4) is 5.75 Å². The van der Waals surface area contributed by atoms with Gasteiger partial charge in [0.15, 0.2) is 0 Å². The number of rotatable bonds is 5. The summed E-state index contributed by atoms with van der Waals surface area (Å²) in [5.74, 6) is -0.756. The Kier molecular flexibility index (Phi) is 5.69. The number of hydrogen-bond donors (Lipinski definition) is 5. The fourth-order valence-electron chi connectivity index (χ4n) is 2.12. The van der Waals surface area contributed by atoms with E-state index in [1.54, 1.807) is 12.1 Å². The van der Waals surface area contributed by atoms with Crippen LogP contribution in [0.4, 0.5) is 0 Å².